The Kier molecular flexibility index (Phi) is 15.3. The summed E-state index contributed by atoms with van der Waals surface area (Å²) >= 11 is 0. The summed E-state index contributed by atoms with van der Waals surface area (Å²) < 4.78 is 15.4. The number of benzene rings is 1. The summed E-state index contributed by atoms with van der Waals surface area (Å²) in [4.78, 5) is 47.5. The van der Waals surface area contributed by atoms with Gasteiger partial charge in [-0.15, -0.1) is 0 Å². The molecule has 0 unspecified atom stereocenters. The third kappa shape index (κ3) is 13.7. The van der Waals surface area contributed by atoms with Crippen LogP contribution in [0, 0.1) is 0 Å². The van der Waals surface area contributed by atoms with Crippen molar-refractivity contribution in [1.82, 2.24) is 0 Å². The van der Waals surface area contributed by atoms with Crippen molar-refractivity contribution in [3.05, 3.63) is 17.7 Å². The van der Waals surface area contributed by atoms with Gasteiger partial charge in [-0.2, -0.15) is 0 Å². The molecule has 0 aromatic heterocycles. The van der Waals surface area contributed by atoms with Gasteiger partial charge in [-0.25, -0.2) is 0 Å². The van der Waals surface area contributed by atoms with Crippen LogP contribution in [-0.2, 0) is 14.4 Å². The molecule has 7 nitrogen and oxygen atoms in total. The van der Waals surface area contributed by atoms with Crippen molar-refractivity contribution in [3.8, 4) is 17.2 Å². The molecular formula is C28H42O7. The van der Waals surface area contributed by atoms with Gasteiger partial charge in [-0.05, 0) is 6.42 Å². The largest absolute Gasteiger partial charge is 0.426 e. The zero-order valence-electron chi connectivity index (χ0n) is 21.9. The van der Waals surface area contributed by atoms with E-state index in [2.05, 4.69) is 6.92 Å². The van der Waals surface area contributed by atoms with Crippen LogP contribution in [0.25, 0.3) is 0 Å². The summed E-state index contributed by atoms with van der Waals surface area (Å²) in [6.07, 6.45) is 15.8. The quantitative estimate of drug-likeness (QED) is 0.0934. The number of hydrogen-bond acceptors (Lipinski definition) is 7. The standard InChI is InChI=1S/C28H42O7/c1-5-6-7-8-9-10-11-12-13-14-15-16-17-18-25(32)28-26(34-22(3)30)19-24(33-21(2)29)20-27(28)35-23(4)31/h19-20H,5-18H2,1-4H3. The molecule has 0 heterocycles. The fraction of sp³-hybridized carbons (Fsp3) is 0.643. The van der Waals surface area contributed by atoms with Crippen molar-refractivity contribution in [2.45, 2.75) is 118 Å². The van der Waals surface area contributed by atoms with Crippen molar-refractivity contribution in [1.29, 1.82) is 0 Å². The van der Waals surface area contributed by atoms with Gasteiger partial charge in [0.1, 0.15) is 22.8 Å². The van der Waals surface area contributed by atoms with E-state index in [9.17, 15) is 19.2 Å². The normalized spacial score (nSPS) is 10.6. The zero-order valence-corrected chi connectivity index (χ0v) is 21.9. The van der Waals surface area contributed by atoms with Crippen LogP contribution in [0.2, 0.25) is 0 Å². The van der Waals surface area contributed by atoms with Gasteiger partial charge in [0.25, 0.3) is 0 Å². The minimum absolute atomic E-state index is 0.00485. The summed E-state index contributed by atoms with van der Waals surface area (Å²) in [7, 11) is 0. The van der Waals surface area contributed by atoms with Gasteiger partial charge < -0.3 is 14.2 Å². The summed E-state index contributed by atoms with van der Waals surface area (Å²) in [6, 6.07) is 2.57. The first-order chi connectivity index (χ1) is 16.7. The van der Waals surface area contributed by atoms with Gasteiger partial charge in [0.05, 0.1) is 0 Å². The maximum absolute atomic E-state index is 13.0. The lowest BCUT2D eigenvalue weighted by atomic mass is 10.0. The molecule has 0 saturated heterocycles. The van der Waals surface area contributed by atoms with Gasteiger partial charge in [0.2, 0.25) is 0 Å². The van der Waals surface area contributed by atoms with Crippen LogP contribution in [0.3, 0.4) is 0 Å². The lowest BCUT2D eigenvalue weighted by Gasteiger charge is -2.15. The van der Waals surface area contributed by atoms with E-state index in [1.165, 1.54) is 90.7 Å². The summed E-state index contributed by atoms with van der Waals surface area (Å²) in [5, 5.41) is 0. The van der Waals surface area contributed by atoms with E-state index in [0.717, 1.165) is 19.3 Å². The van der Waals surface area contributed by atoms with Crippen LogP contribution in [0.1, 0.15) is 128 Å². The molecule has 0 spiro atoms. The molecule has 0 fully saturated rings. The number of carbonyl (C=O) groups is 4. The Morgan fingerprint density at radius 2 is 0.943 bits per heavy atom. The first-order valence-electron chi connectivity index (χ1n) is 13.0. The molecule has 0 amide bonds. The maximum atomic E-state index is 13.0. The SMILES string of the molecule is CCCCCCCCCCCCCCCC(=O)c1c(OC(C)=O)cc(OC(C)=O)cc1OC(C)=O. The number of hydrogen-bond donors (Lipinski definition) is 0. The number of esters is 3. The average Bonchev–Trinajstić information content (AvgIpc) is 2.75. The van der Waals surface area contributed by atoms with Crippen molar-refractivity contribution in [3.63, 3.8) is 0 Å². The summed E-state index contributed by atoms with van der Waals surface area (Å²) in [5.74, 6) is -2.35. The minimum Gasteiger partial charge on any atom is -0.426 e. The molecule has 0 saturated carbocycles. The molecule has 0 aliphatic heterocycles. The molecule has 7 heteroatoms. The highest BCUT2D eigenvalue weighted by Crippen LogP contribution is 2.36. The highest BCUT2D eigenvalue weighted by Gasteiger charge is 2.23. The Morgan fingerprint density at radius 1 is 0.571 bits per heavy atom. The Balaban J connectivity index is 2.57. The third-order valence-corrected chi connectivity index (χ3v) is 5.59. The fourth-order valence-electron chi connectivity index (χ4n) is 3.96. The van der Waals surface area contributed by atoms with E-state index in [-0.39, 0.29) is 35.0 Å². The zero-order chi connectivity index (χ0) is 26.1. The lowest BCUT2D eigenvalue weighted by molar-refractivity contribution is -0.132. The van der Waals surface area contributed by atoms with Crippen LogP contribution in [0.5, 0.6) is 17.2 Å². The number of Topliss-reactive ketones (excluding diaryl/α,β-unsaturated/α-hetero) is 1. The molecule has 0 bridgehead atoms. The van der Waals surface area contributed by atoms with Crippen LogP contribution in [0.4, 0.5) is 0 Å². The van der Waals surface area contributed by atoms with Crippen molar-refractivity contribution < 1.29 is 33.4 Å². The van der Waals surface area contributed by atoms with Gasteiger partial charge in [-0.1, -0.05) is 84.0 Å². The van der Waals surface area contributed by atoms with E-state index >= 15 is 0 Å². The first-order valence-corrected chi connectivity index (χ1v) is 13.0. The van der Waals surface area contributed by atoms with E-state index in [1.807, 2.05) is 0 Å². The van der Waals surface area contributed by atoms with Crippen LogP contribution < -0.4 is 14.2 Å². The fourth-order valence-corrected chi connectivity index (χ4v) is 3.96. The van der Waals surface area contributed by atoms with Crippen LogP contribution in [-0.4, -0.2) is 23.7 Å². The topological polar surface area (TPSA) is 96.0 Å². The van der Waals surface area contributed by atoms with Gasteiger partial charge in [0, 0.05) is 39.3 Å². The van der Waals surface area contributed by atoms with Gasteiger partial charge >= 0.3 is 17.9 Å². The molecule has 0 radical (unpaired) electrons. The summed E-state index contributed by atoms with van der Waals surface area (Å²) in [6.45, 7) is 5.85. The monoisotopic (exact) mass is 490 g/mol. The molecular weight excluding hydrogens is 448 g/mol. The van der Waals surface area contributed by atoms with Crippen molar-refractivity contribution in [2.24, 2.45) is 0 Å². The van der Waals surface area contributed by atoms with Crippen LogP contribution >= 0.6 is 0 Å². The second-order valence-corrected chi connectivity index (χ2v) is 8.99. The van der Waals surface area contributed by atoms with Gasteiger partial charge in [-0.3, -0.25) is 19.2 Å². The number of ketones is 1. The van der Waals surface area contributed by atoms with Crippen molar-refractivity contribution >= 4 is 23.7 Å². The second-order valence-electron chi connectivity index (χ2n) is 8.99. The van der Waals surface area contributed by atoms with Crippen LogP contribution in [0.15, 0.2) is 12.1 Å². The van der Waals surface area contributed by atoms with E-state index < -0.39 is 17.9 Å². The molecule has 0 aliphatic carbocycles. The molecule has 0 atom stereocenters. The Labute approximate surface area is 209 Å². The highest BCUT2D eigenvalue weighted by molar-refractivity contribution is 6.02. The predicted molar refractivity (Wildman–Crippen MR) is 135 cm³/mol. The maximum Gasteiger partial charge on any atom is 0.308 e. The Hall–Kier alpha value is -2.70. The van der Waals surface area contributed by atoms with E-state index in [1.54, 1.807) is 0 Å². The number of carbonyl (C=O) groups excluding carboxylic acids is 4. The average molecular weight is 491 g/mol. The molecule has 35 heavy (non-hydrogen) atoms. The lowest BCUT2D eigenvalue weighted by Crippen LogP contribution is -2.13. The third-order valence-electron chi connectivity index (χ3n) is 5.59. The highest BCUT2D eigenvalue weighted by atomic mass is 16.6. The van der Waals surface area contributed by atoms with Crippen molar-refractivity contribution in [2.75, 3.05) is 0 Å². The molecule has 0 aliphatic rings. The molecule has 1 rings (SSSR count). The van der Waals surface area contributed by atoms with Gasteiger partial charge in [0.15, 0.2) is 5.78 Å². The second kappa shape index (κ2) is 17.7. The molecule has 196 valence electrons. The number of rotatable bonds is 18. The molecule has 1 aromatic carbocycles. The molecule has 1 aromatic rings. The van der Waals surface area contributed by atoms with E-state index in [4.69, 9.17) is 14.2 Å². The minimum atomic E-state index is -0.645. The Bertz CT molecular complexity index is 792. The summed E-state index contributed by atoms with van der Waals surface area (Å²) in [5.41, 5.74) is 0.00485. The smallest absolute Gasteiger partial charge is 0.308 e. The van der Waals surface area contributed by atoms with E-state index in [0.29, 0.717) is 6.42 Å². The Morgan fingerprint density at radius 3 is 1.31 bits per heavy atom. The molecule has 0 N–H and O–H groups in total. The first kappa shape index (κ1) is 30.3. The predicted octanol–water partition coefficient (Wildman–Crippen LogP) is 7.13. The number of unbranched alkanes of at least 4 members (excludes halogenated alkanes) is 12. The number of ether oxygens (including phenoxy) is 3.